The summed E-state index contributed by atoms with van der Waals surface area (Å²) >= 11 is 0. The van der Waals surface area contributed by atoms with Crippen molar-refractivity contribution >= 4 is 23.4 Å². The van der Waals surface area contributed by atoms with E-state index in [-0.39, 0.29) is 5.69 Å². The lowest BCUT2D eigenvalue weighted by molar-refractivity contribution is -0.384. The summed E-state index contributed by atoms with van der Waals surface area (Å²) in [7, 11) is 0. The lowest BCUT2D eigenvalue weighted by Gasteiger charge is -2.02. The van der Waals surface area contributed by atoms with Crippen molar-refractivity contribution in [3.05, 3.63) is 70.0 Å². The van der Waals surface area contributed by atoms with Crippen molar-refractivity contribution in [2.75, 3.05) is 0 Å². The molecule has 0 amide bonds. The monoisotopic (exact) mass is 322 g/mol. The number of nitro benzene ring substituents is 1. The predicted octanol–water partition coefficient (Wildman–Crippen LogP) is 1.98. The molecule has 3 rings (SSSR count). The number of hydrogen-bond donors (Lipinski definition) is 0. The molecule has 0 aliphatic heterocycles. The molecule has 0 radical (unpaired) electrons. The summed E-state index contributed by atoms with van der Waals surface area (Å²) in [6.45, 7) is 1.92. The summed E-state index contributed by atoms with van der Waals surface area (Å²) in [5.74, 6) is -1.33. The first kappa shape index (κ1) is 15.4. The number of aryl methyl sites for hydroxylation is 1. The normalized spacial score (nSPS) is 11.2. The van der Waals surface area contributed by atoms with E-state index in [4.69, 9.17) is 0 Å². The molecule has 7 nitrogen and oxygen atoms in total. The van der Waals surface area contributed by atoms with Gasteiger partial charge in [0.2, 0.25) is 0 Å². The van der Waals surface area contributed by atoms with Crippen molar-refractivity contribution in [1.29, 1.82) is 0 Å². The number of carbonyl (C=O) groups excluding carboxylic acids is 1. The molecule has 0 aliphatic carbocycles. The van der Waals surface area contributed by atoms with Crippen LogP contribution in [-0.4, -0.2) is 20.3 Å². The fraction of sp³-hybridized carbons (Fsp3) is 0.0588. The van der Waals surface area contributed by atoms with Gasteiger partial charge in [-0.25, -0.2) is 4.98 Å². The first-order chi connectivity index (χ1) is 11.5. The molecule has 0 fully saturated rings. The van der Waals surface area contributed by atoms with Crippen LogP contribution in [0.2, 0.25) is 0 Å². The number of nitro groups is 1. The van der Waals surface area contributed by atoms with Crippen LogP contribution in [0.15, 0.2) is 48.7 Å². The van der Waals surface area contributed by atoms with E-state index < -0.39 is 10.9 Å². The quantitative estimate of drug-likeness (QED) is 0.415. The number of imidazole rings is 1. The second kappa shape index (κ2) is 5.96. The summed E-state index contributed by atoms with van der Waals surface area (Å²) in [6, 6.07) is 9.76. The molecule has 2 aromatic heterocycles. The molecular weight excluding hydrogens is 310 g/mol. The number of benzene rings is 1. The van der Waals surface area contributed by atoms with Crippen LogP contribution in [0.25, 0.3) is 23.0 Å². The molecule has 0 spiro atoms. The van der Waals surface area contributed by atoms with Crippen LogP contribution in [0.5, 0.6) is 0 Å². The molecule has 0 saturated heterocycles. The maximum absolute atomic E-state index is 11.0. The zero-order valence-electron chi connectivity index (χ0n) is 12.7. The van der Waals surface area contributed by atoms with E-state index in [0.29, 0.717) is 22.6 Å². The highest BCUT2D eigenvalue weighted by molar-refractivity contribution is 5.86. The van der Waals surface area contributed by atoms with Crippen molar-refractivity contribution in [3.8, 4) is 11.3 Å². The number of rotatable bonds is 4. The van der Waals surface area contributed by atoms with Crippen LogP contribution in [0, 0.1) is 17.0 Å². The second-order valence-corrected chi connectivity index (χ2v) is 5.24. The van der Waals surface area contributed by atoms with E-state index in [9.17, 15) is 20.0 Å². The van der Waals surface area contributed by atoms with Gasteiger partial charge in [0.1, 0.15) is 5.65 Å². The van der Waals surface area contributed by atoms with Crippen LogP contribution in [-0.2, 0) is 4.79 Å². The molecule has 7 heteroatoms. The van der Waals surface area contributed by atoms with Gasteiger partial charge in [-0.05, 0) is 36.8 Å². The molecule has 0 bridgehead atoms. The van der Waals surface area contributed by atoms with Gasteiger partial charge >= 0.3 is 0 Å². The number of aliphatic carboxylic acids is 1. The smallest absolute Gasteiger partial charge is 0.270 e. The first-order valence-electron chi connectivity index (χ1n) is 7.08. The van der Waals surface area contributed by atoms with Crippen LogP contribution in [0.3, 0.4) is 0 Å². The lowest BCUT2D eigenvalue weighted by Crippen LogP contribution is -2.18. The molecule has 0 unspecified atom stereocenters. The molecule has 0 atom stereocenters. The Morgan fingerprint density at radius 3 is 2.79 bits per heavy atom. The zero-order chi connectivity index (χ0) is 17.3. The highest BCUT2D eigenvalue weighted by Crippen LogP contribution is 2.28. The Hall–Kier alpha value is -3.48. The average Bonchev–Trinajstić information content (AvgIpc) is 2.90. The molecule has 3 aromatic rings. The minimum atomic E-state index is -1.33. The number of aromatic nitrogens is 2. The van der Waals surface area contributed by atoms with Gasteiger partial charge in [-0.3, -0.25) is 14.5 Å². The van der Waals surface area contributed by atoms with Crippen molar-refractivity contribution in [2.45, 2.75) is 6.92 Å². The standard InChI is InChI=1S/C17H13N3O4/c1-11-7-8-19-14(5-6-16(21)22)17(18-15(19)9-11)12-3-2-4-13(10-12)20(23)24/h2-10H,1H3,(H,21,22)/p-1/b6-5+. The Labute approximate surface area is 136 Å². The van der Waals surface area contributed by atoms with Crippen molar-refractivity contribution in [3.63, 3.8) is 0 Å². The number of non-ortho nitro benzene ring substituents is 1. The van der Waals surface area contributed by atoms with Crippen LogP contribution in [0.1, 0.15) is 11.3 Å². The van der Waals surface area contributed by atoms with Crippen molar-refractivity contribution in [2.24, 2.45) is 0 Å². The second-order valence-electron chi connectivity index (χ2n) is 5.24. The Morgan fingerprint density at radius 2 is 2.08 bits per heavy atom. The lowest BCUT2D eigenvalue weighted by atomic mass is 10.1. The molecule has 0 saturated carbocycles. The summed E-state index contributed by atoms with van der Waals surface area (Å²) in [6.07, 6.45) is 4.05. The van der Waals surface area contributed by atoms with E-state index in [0.717, 1.165) is 11.6 Å². The third-order valence-corrected chi connectivity index (χ3v) is 3.53. The average molecular weight is 322 g/mol. The third-order valence-electron chi connectivity index (χ3n) is 3.53. The number of fused-ring (bicyclic) bond motifs is 1. The SMILES string of the molecule is Cc1ccn2c(/C=C/C(=O)[O-])c(-c3cccc([N+](=O)[O-])c3)nc2c1. The fourth-order valence-corrected chi connectivity index (χ4v) is 2.45. The minimum absolute atomic E-state index is 0.0597. The van der Waals surface area contributed by atoms with Gasteiger partial charge in [-0.1, -0.05) is 12.1 Å². The molecule has 24 heavy (non-hydrogen) atoms. The Kier molecular flexibility index (Phi) is 3.83. The van der Waals surface area contributed by atoms with Crippen molar-refractivity contribution in [1.82, 2.24) is 9.38 Å². The molecular formula is C17H12N3O4-. The summed E-state index contributed by atoms with van der Waals surface area (Å²) < 4.78 is 1.72. The number of pyridine rings is 1. The van der Waals surface area contributed by atoms with Gasteiger partial charge in [-0.2, -0.15) is 0 Å². The predicted molar refractivity (Wildman–Crippen MR) is 86.1 cm³/mol. The number of carbonyl (C=O) groups is 1. The van der Waals surface area contributed by atoms with Crippen LogP contribution < -0.4 is 5.11 Å². The van der Waals surface area contributed by atoms with E-state index in [1.165, 1.54) is 18.2 Å². The maximum Gasteiger partial charge on any atom is 0.270 e. The zero-order valence-corrected chi connectivity index (χ0v) is 12.7. The molecule has 0 N–H and O–H groups in total. The Morgan fingerprint density at radius 1 is 1.29 bits per heavy atom. The molecule has 120 valence electrons. The van der Waals surface area contributed by atoms with E-state index >= 15 is 0 Å². The van der Waals surface area contributed by atoms with Gasteiger partial charge in [0, 0.05) is 23.9 Å². The highest BCUT2D eigenvalue weighted by Gasteiger charge is 2.15. The minimum Gasteiger partial charge on any atom is -0.545 e. The van der Waals surface area contributed by atoms with Gasteiger partial charge in [0.25, 0.3) is 5.69 Å². The highest BCUT2D eigenvalue weighted by atomic mass is 16.6. The topological polar surface area (TPSA) is 101 Å². The number of carboxylic acids is 1. The summed E-state index contributed by atoms with van der Waals surface area (Å²) in [5, 5.41) is 21.7. The van der Waals surface area contributed by atoms with E-state index in [1.54, 1.807) is 22.7 Å². The molecule has 2 heterocycles. The van der Waals surface area contributed by atoms with Crippen molar-refractivity contribution < 1.29 is 14.8 Å². The Bertz CT molecular complexity index is 989. The fourth-order valence-electron chi connectivity index (χ4n) is 2.45. The van der Waals surface area contributed by atoms with E-state index in [2.05, 4.69) is 4.98 Å². The summed E-state index contributed by atoms with van der Waals surface area (Å²) in [5.41, 5.74) is 3.05. The summed E-state index contributed by atoms with van der Waals surface area (Å²) in [4.78, 5) is 25.8. The first-order valence-corrected chi connectivity index (χ1v) is 7.08. The van der Waals surface area contributed by atoms with Gasteiger partial charge in [0.05, 0.1) is 22.3 Å². The number of carboxylic acid groups (broad SMARTS) is 1. The maximum atomic E-state index is 11.0. The largest absolute Gasteiger partial charge is 0.545 e. The van der Waals surface area contributed by atoms with E-state index in [1.807, 2.05) is 19.1 Å². The van der Waals surface area contributed by atoms with Crippen LogP contribution in [0.4, 0.5) is 5.69 Å². The van der Waals surface area contributed by atoms with Gasteiger partial charge < -0.3 is 9.90 Å². The molecule has 0 aliphatic rings. The number of nitrogens with zero attached hydrogens (tertiary/aromatic N) is 3. The number of hydrogen-bond acceptors (Lipinski definition) is 5. The third kappa shape index (κ3) is 2.87. The van der Waals surface area contributed by atoms with Gasteiger partial charge in [-0.15, -0.1) is 0 Å². The van der Waals surface area contributed by atoms with Gasteiger partial charge in [0.15, 0.2) is 0 Å². The Balaban J connectivity index is 2.26. The van der Waals surface area contributed by atoms with Crippen LogP contribution >= 0.6 is 0 Å². The molecule has 1 aromatic carbocycles.